The minimum atomic E-state index is -1.01. The number of hydrogen-bond donors (Lipinski definition) is 2. The van der Waals surface area contributed by atoms with Gasteiger partial charge in [0.15, 0.2) is 0 Å². The third-order valence-corrected chi connectivity index (χ3v) is 7.37. The second-order valence-corrected chi connectivity index (χ2v) is 10.4. The van der Waals surface area contributed by atoms with E-state index in [0.29, 0.717) is 17.7 Å². The zero-order valence-corrected chi connectivity index (χ0v) is 22.2. The highest BCUT2D eigenvalue weighted by Crippen LogP contribution is 2.29. The summed E-state index contributed by atoms with van der Waals surface area (Å²) < 4.78 is 0. The van der Waals surface area contributed by atoms with Crippen molar-refractivity contribution in [2.45, 2.75) is 38.6 Å². The molecule has 4 rings (SSSR count). The van der Waals surface area contributed by atoms with Crippen molar-refractivity contribution in [1.82, 2.24) is 5.32 Å². The van der Waals surface area contributed by atoms with Crippen LogP contribution in [0.5, 0.6) is 0 Å². The fraction of sp³-hybridized carbons (Fsp3) is 0.250. The second kappa shape index (κ2) is 12.6. The van der Waals surface area contributed by atoms with Gasteiger partial charge >= 0.3 is 5.97 Å². The summed E-state index contributed by atoms with van der Waals surface area (Å²) in [5.74, 6) is -0.697. The largest absolute Gasteiger partial charge is 0.480 e. The number of rotatable bonds is 11. The molecule has 0 saturated heterocycles. The first-order valence-electron chi connectivity index (χ1n) is 12.7. The van der Waals surface area contributed by atoms with E-state index in [9.17, 15) is 14.7 Å². The fourth-order valence-electron chi connectivity index (χ4n) is 4.66. The maximum absolute atomic E-state index is 13.3. The highest BCUT2D eigenvalue weighted by molar-refractivity contribution is 7.98. The quantitative estimate of drug-likeness (QED) is 0.229. The number of thioether (sulfide) groups is 1. The Labute approximate surface area is 223 Å². The van der Waals surface area contributed by atoms with Crippen molar-refractivity contribution >= 4 is 34.4 Å². The van der Waals surface area contributed by atoms with Crippen molar-refractivity contribution in [3.8, 4) is 11.1 Å². The van der Waals surface area contributed by atoms with E-state index in [1.54, 1.807) is 11.8 Å². The van der Waals surface area contributed by atoms with Gasteiger partial charge in [-0.25, -0.2) is 4.79 Å². The molecule has 0 radical (unpaired) electrons. The molecule has 0 unspecified atom stereocenters. The van der Waals surface area contributed by atoms with E-state index in [4.69, 9.17) is 0 Å². The number of amides is 1. The Morgan fingerprint density at radius 2 is 1.51 bits per heavy atom. The Bertz CT molecular complexity index is 1400. The topological polar surface area (TPSA) is 66.4 Å². The first kappa shape index (κ1) is 26.5. The normalized spacial score (nSPS) is 11.8. The van der Waals surface area contributed by atoms with E-state index < -0.39 is 12.0 Å². The van der Waals surface area contributed by atoms with Gasteiger partial charge in [0.25, 0.3) is 5.91 Å². The summed E-state index contributed by atoms with van der Waals surface area (Å²) in [6.45, 7) is 2.03. The van der Waals surface area contributed by atoms with Crippen LogP contribution in [0.25, 0.3) is 21.9 Å². The van der Waals surface area contributed by atoms with Crippen LogP contribution in [-0.4, -0.2) is 35.0 Å². The summed E-state index contributed by atoms with van der Waals surface area (Å²) in [7, 11) is 0. The molecule has 4 nitrogen and oxygen atoms in total. The van der Waals surface area contributed by atoms with Crippen molar-refractivity contribution in [1.29, 1.82) is 0 Å². The lowest BCUT2D eigenvalue weighted by atomic mass is 9.92. The van der Waals surface area contributed by atoms with Crippen molar-refractivity contribution in [2.24, 2.45) is 0 Å². The molecule has 2 N–H and O–H groups in total. The zero-order valence-electron chi connectivity index (χ0n) is 21.4. The van der Waals surface area contributed by atoms with Gasteiger partial charge in [0.2, 0.25) is 0 Å². The monoisotopic (exact) mass is 511 g/mol. The van der Waals surface area contributed by atoms with Gasteiger partial charge in [-0.1, -0.05) is 78.9 Å². The van der Waals surface area contributed by atoms with Crippen molar-refractivity contribution < 1.29 is 14.7 Å². The molecule has 190 valence electrons. The molecule has 0 saturated carbocycles. The van der Waals surface area contributed by atoms with Gasteiger partial charge in [0.05, 0.1) is 0 Å². The highest BCUT2D eigenvalue weighted by Gasteiger charge is 2.22. The number of carboxylic acids is 1. The third kappa shape index (κ3) is 6.80. The van der Waals surface area contributed by atoms with Crippen LogP contribution < -0.4 is 5.32 Å². The fourth-order valence-corrected chi connectivity index (χ4v) is 5.13. The molecule has 0 aliphatic rings. The smallest absolute Gasteiger partial charge is 0.326 e. The average Bonchev–Trinajstić information content (AvgIpc) is 2.91. The van der Waals surface area contributed by atoms with Gasteiger partial charge in [-0.15, -0.1) is 0 Å². The summed E-state index contributed by atoms with van der Waals surface area (Å²) in [5.41, 5.74) is 5.88. The SMILES string of the molecule is CSCC[C@H](NC(=O)c1ccc(CCCc2ccc3ccccc3c2)cc1-c1ccccc1C)C(=O)O. The number of fused-ring (bicyclic) bond motifs is 1. The number of carbonyl (C=O) groups excluding carboxylic acids is 1. The summed E-state index contributed by atoms with van der Waals surface area (Å²) in [6.07, 6.45) is 5.17. The summed E-state index contributed by atoms with van der Waals surface area (Å²) in [4.78, 5) is 25.0. The second-order valence-electron chi connectivity index (χ2n) is 9.38. The van der Waals surface area contributed by atoms with E-state index in [1.165, 1.54) is 16.3 Å². The maximum atomic E-state index is 13.3. The van der Waals surface area contributed by atoms with Crippen LogP contribution in [0, 0.1) is 6.92 Å². The number of carboxylic acid groups (broad SMARTS) is 1. The Balaban J connectivity index is 1.55. The van der Waals surface area contributed by atoms with Gasteiger partial charge in [-0.05, 0) is 89.3 Å². The molecule has 0 spiro atoms. The minimum absolute atomic E-state index is 0.352. The Hall–Kier alpha value is -3.57. The van der Waals surface area contributed by atoms with Gasteiger partial charge in [-0.3, -0.25) is 4.79 Å². The molecule has 0 fully saturated rings. The molecule has 4 aromatic carbocycles. The third-order valence-electron chi connectivity index (χ3n) is 6.72. The lowest BCUT2D eigenvalue weighted by molar-refractivity contribution is -0.139. The molecule has 37 heavy (non-hydrogen) atoms. The van der Waals surface area contributed by atoms with Crippen LogP contribution in [0.1, 0.15) is 39.9 Å². The first-order valence-corrected chi connectivity index (χ1v) is 14.0. The van der Waals surface area contributed by atoms with E-state index in [-0.39, 0.29) is 5.91 Å². The molecule has 0 aliphatic heterocycles. The van der Waals surface area contributed by atoms with Crippen molar-refractivity contribution in [2.75, 3.05) is 12.0 Å². The van der Waals surface area contributed by atoms with Gasteiger partial charge in [0.1, 0.15) is 6.04 Å². The number of benzene rings is 4. The first-order chi connectivity index (χ1) is 18.0. The molecule has 5 heteroatoms. The van der Waals surface area contributed by atoms with Crippen LogP contribution in [0.3, 0.4) is 0 Å². The molecule has 0 heterocycles. The highest BCUT2D eigenvalue weighted by atomic mass is 32.2. The summed E-state index contributed by atoms with van der Waals surface area (Å²) >= 11 is 1.57. The molecular formula is C32H33NO3S. The maximum Gasteiger partial charge on any atom is 0.326 e. The average molecular weight is 512 g/mol. The lowest BCUT2D eigenvalue weighted by Gasteiger charge is -2.17. The van der Waals surface area contributed by atoms with Gasteiger partial charge < -0.3 is 10.4 Å². The molecule has 1 atom stereocenters. The van der Waals surface area contributed by atoms with Crippen LogP contribution >= 0.6 is 11.8 Å². The number of nitrogens with one attached hydrogen (secondary N) is 1. The van der Waals surface area contributed by atoms with E-state index in [0.717, 1.165) is 41.5 Å². The van der Waals surface area contributed by atoms with Crippen LogP contribution in [0.4, 0.5) is 0 Å². The van der Waals surface area contributed by atoms with E-state index in [2.05, 4.69) is 53.8 Å². The molecular weight excluding hydrogens is 478 g/mol. The predicted molar refractivity (Wildman–Crippen MR) is 154 cm³/mol. The number of hydrogen-bond acceptors (Lipinski definition) is 3. The number of aliphatic carboxylic acids is 1. The number of aryl methyl sites for hydroxylation is 3. The van der Waals surface area contributed by atoms with Crippen LogP contribution in [-0.2, 0) is 17.6 Å². The Morgan fingerprint density at radius 1 is 0.838 bits per heavy atom. The molecule has 1 amide bonds. The van der Waals surface area contributed by atoms with Gasteiger partial charge in [0, 0.05) is 5.56 Å². The summed E-state index contributed by atoms with van der Waals surface area (Å²) in [5, 5.41) is 14.9. The molecule has 4 aromatic rings. The summed E-state index contributed by atoms with van der Waals surface area (Å²) in [6, 6.07) is 28.1. The molecule has 0 aliphatic carbocycles. The van der Waals surface area contributed by atoms with Crippen LogP contribution in [0.2, 0.25) is 0 Å². The molecule has 0 bridgehead atoms. The zero-order chi connectivity index (χ0) is 26.2. The van der Waals surface area contributed by atoms with Gasteiger partial charge in [-0.2, -0.15) is 11.8 Å². The predicted octanol–water partition coefficient (Wildman–Crippen LogP) is 6.93. The Kier molecular flexibility index (Phi) is 9.02. The molecule has 0 aromatic heterocycles. The van der Waals surface area contributed by atoms with Crippen molar-refractivity contribution in [3.63, 3.8) is 0 Å². The van der Waals surface area contributed by atoms with E-state index in [1.807, 2.05) is 49.6 Å². The Morgan fingerprint density at radius 3 is 2.24 bits per heavy atom. The van der Waals surface area contributed by atoms with E-state index >= 15 is 0 Å². The lowest BCUT2D eigenvalue weighted by Crippen LogP contribution is -2.41. The minimum Gasteiger partial charge on any atom is -0.480 e. The standard InChI is InChI=1S/C32H33NO3S/c1-22-8-3-6-13-27(22)29-21-24(10-7-9-23-14-16-25-11-4-5-12-26(25)20-23)15-17-28(29)31(34)33-30(32(35)36)18-19-37-2/h3-6,8,11-17,20-21,30H,7,9-10,18-19H2,1-2H3,(H,33,34)(H,35,36)/t30-/m0/s1. The number of carbonyl (C=O) groups is 2. The van der Waals surface area contributed by atoms with Crippen LogP contribution in [0.15, 0.2) is 84.9 Å². The van der Waals surface area contributed by atoms with Crippen molar-refractivity contribution in [3.05, 3.63) is 107 Å².